The summed E-state index contributed by atoms with van der Waals surface area (Å²) in [5.74, 6) is -0.430. The van der Waals surface area contributed by atoms with Gasteiger partial charge in [0.05, 0.1) is 12.7 Å². The quantitative estimate of drug-likeness (QED) is 0.841. The van der Waals surface area contributed by atoms with Crippen LogP contribution in [-0.4, -0.2) is 19.1 Å². The lowest BCUT2D eigenvalue weighted by Gasteiger charge is -2.20. The number of benzene rings is 1. The Morgan fingerprint density at radius 2 is 2.15 bits per heavy atom. The highest BCUT2D eigenvalue weighted by Crippen LogP contribution is 2.27. The first-order valence-corrected chi connectivity index (χ1v) is 7.22. The molecule has 1 aliphatic rings. The van der Waals surface area contributed by atoms with Crippen molar-refractivity contribution in [3.8, 4) is 0 Å². The molecule has 1 saturated carbocycles. The largest absolute Gasteiger partial charge is 0.465 e. The van der Waals surface area contributed by atoms with E-state index in [1.165, 1.54) is 44.9 Å². The minimum atomic E-state index is -0.638. The maximum Gasteiger partial charge on any atom is 0.340 e. The third-order valence-electron chi connectivity index (χ3n) is 4.17. The molecule has 0 bridgehead atoms. The Labute approximate surface area is 119 Å². The molecule has 0 heterocycles. The van der Waals surface area contributed by atoms with Gasteiger partial charge in [0.1, 0.15) is 5.82 Å². The molecule has 0 amide bonds. The van der Waals surface area contributed by atoms with Crippen LogP contribution >= 0.6 is 0 Å². The van der Waals surface area contributed by atoms with Crippen molar-refractivity contribution in [3.05, 3.63) is 35.1 Å². The molecule has 1 unspecified atom stereocenters. The Kier molecular flexibility index (Phi) is 5.12. The van der Waals surface area contributed by atoms with Crippen molar-refractivity contribution >= 4 is 5.97 Å². The van der Waals surface area contributed by atoms with Gasteiger partial charge in [-0.1, -0.05) is 18.9 Å². The Hall–Kier alpha value is -1.42. The summed E-state index contributed by atoms with van der Waals surface area (Å²) >= 11 is 0. The van der Waals surface area contributed by atoms with Crippen LogP contribution in [0, 0.1) is 11.7 Å². The van der Waals surface area contributed by atoms with Gasteiger partial charge in [-0.15, -0.1) is 0 Å². The van der Waals surface area contributed by atoms with Gasteiger partial charge in [-0.3, -0.25) is 0 Å². The van der Waals surface area contributed by atoms with E-state index in [0.29, 0.717) is 12.6 Å². The fourth-order valence-corrected chi connectivity index (χ4v) is 2.85. The van der Waals surface area contributed by atoms with Crippen LogP contribution in [0.1, 0.15) is 48.5 Å². The maximum atomic E-state index is 13.8. The molecule has 1 aromatic carbocycles. The van der Waals surface area contributed by atoms with Crippen LogP contribution in [0.4, 0.5) is 4.39 Å². The highest BCUT2D eigenvalue weighted by Gasteiger charge is 2.21. The molecule has 110 valence electrons. The molecule has 3 nitrogen and oxygen atoms in total. The number of carbonyl (C=O) groups is 1. The Morgan fingerprint density at radius 3 is 2.75 bits per heavy atom. The van der Waals surface area contributed by atoms with Crippen molar-refractivity contribution in [2.24, 2.45) is 5.92 Å². The normalized spacial score (nSPS) is 17.1. The van der Waals surface area contributed by atoms with Crippen LogP contribution in [0.5, 0.6) is 0 Å². The van der Waals surface area contributed by atoms with Crippen molar-refractivity contribution in [2.45, 2.75) is 45.2 Å². The van der Waals surface area contributed by atoms with Crippen LogP contribution in [0.15, 0.2) is 18.2 Å². The molecular formula is C16H22FNO2. The average Bonchev–Trinajstić information content (AvgIpc) is 2.98. The summed E-state index contributed by atoms with van der Waals surface area (Å²) in [4.78, 5) is 11.3. The number of hydrogen-bond donors (Lipinski definition) is 1. The summed E-state index contributed by atoms with van der Waals surface area (Å²) in [6.45, 7) is 2.81. The van der Waals surface area contributed by atoms with Crippen LogP contribution in [0.2, 0.25) is 0 Å². The van der Waals surface area contributed by atoms with E-state index >= 15 is 0 Å². The smallest absolute Gasteiger partial charge is 0.340 e. The number of ether oxygens (including phenoxy) is 1. The maximum absolute atomic E-state index is 13.8. The molecule has 1 atom stereocenters. The molecule has 0 saturated heterocycles. The summed E-state index contributed by atoms with van der Waals surface area (Å²) in [5, 5.41) is 3.45. The standard InChI is InChI=1S/C16H22FNO2/c1-11(13-5-3-4-6-13)18-10-12-7-8-14(15(17)9-12)16(19)20-2/h7-9,11,13,18H,3-6,10H2,1-2H3. The van der Waals surface area contributed by atoms with Crippen molar-refractivity contribution < 1.29 is 13.9 Å². The zero-order valence-electron chi connectivity index (χ0n) is 12.1. The lowest BCUT2D eigenvalue weighted by molar-refractivity contribution is 0.0595. The number of halogens is 1. The summed E-state index contributed by atoms with van der Waals surface area (Å²) in [6, 6.07) is 5.10. The van der Waals surface area contributed by atoms with Crippen molar-refractivity contribution in [1.82, 2.24) is 5.32 Å². The third kappa shape index (κ3) is 3.57. The molecule has 1 fully saturated rings. The van der Waals surface area contributed by atoms with Gasteiger partial charge in [-0.05, 0) is 43.4 Å². The first-order chi connectivity index (χ1) is 9.61. The van der Waals surface area contributed by atoms with E-state index in [1.807, 2.05) is 0 Å². The summed E-state index contributed by atoms with van der Waals surface area (Å²) in [5.41, 5.74) is 0.833. The minimum absolute atomic E-state index is 0.0138. The number of nitrogens with one attached hydrogen (secondary N) is 1. The topological polar surface area (TPSA) is 38.3 Å². The van der Waals surface area contributed by atoms with E-state index in [1.54, 1.807) is 6.07 Å². The number of methoxy groups -OCH3 is 1. The molecule has 1 aliphatic carbocycles. The van der Waals surface area contributed by atoms with E-state index in [9.17, 15) is 9.18 Å². The molecule has 2 rings (SSSR count). The molecule has 0 radical (unpaired) electrons. The predicted molar refractivity (Wildman–Crippen MR) is 76.0 cm³/mol. The number of rotatable bonds is 5. The van der Waals surface area contributed by atoms with Gasteiger partial charge in [-0.25, -0.2) is 9.18 Å². The molecule has 0 spiro atoms. The van der Waals surface area contributed by atoms with E-state index in [4.69, 9.17) is 0 Å². The zero-order chi connectivity index (χ0) is 14.5. The van der Waals surface area contributed by atoms with Crippen LogP contribution in [0.25, 0.3) is 0 Å². The van der Waals surface area contributed by atoms with Crippen molar-refractivity contribution in [2.75, 3.05) is 7.11 Å². The van der Waals surface area contributed by atoms with Gasteiger partial charge < -0.3 is 10.1 Å². The monoisotopic (exact) mass is 279 g/mol. The zero-order valence-corrected chi connectivity index (χ0v) is 12.1. The van der Waals surface area contributed by atoms with Crippen LogP contribution in [-0.2, 0) is 11.3 Å². The highest BCUT2D eigenvalue weighted by atomic mass is 19.1. The van der Waals surface area contributed by atoms with Crippen molar-refractivity contribution in [1.29, 1.82) is 0 Å². The molecule has 0 aliphatic heterocycles. The van der Waals surface area contributed by atoms with Gasteiger partial charge in [0.25, 0.3) is 0 Å². The predicted octanol–water partition coefficient (Wildman–Crippen LogP) is 3.28. The number of esters is 1. The molecular weight excluding hydrogens is 257 g/mol. The van der Waals surface area contributed by atoms with E-state index < -0.39 is 11.8 Å². The third-order valence-corrected chi connectivity index (χ3v) is 4.17. The fraction of sp³-hybridized carbons (Fsp3) is 0.562. The van der Waals surface area contributed by atoms with Gasteiger partial charge in [-0.2, -0.15) is 0 Å². The summed E-state index contributed by atoms with van der Waals surface area (Å²) in [7, 11) is 1.25. The number of hydrogen-bond acceptors (Lipinski definition) is 3. The first-order valence-electron chi connectivity index (χ1n) is 7.22. The SMILES string of the molecule is COC(=O)c1ccc(CNC(C)C2CCCC2)cc1F. The molecule has 0 aromatic heterocycles. The van der Waals surface area contributed by atoms with Gasteiger partial charge in [0.2, 0.25) is 0 Å². The Morgan fingerprint density at radius 1 is 1.45 bits per heavy atom. The fourth-order valence-electron chi connectivity index (χ4n) is 2.85. The minimum Gasteiger partial charge on any atom is -0.465 e. The van der Waals surface area contributed by atoms with Gasteiger partial charge in [0.15, 0.2) is 0 Å². The number of carbonyl (C=O) groups excluding carboxylic acids is 1. The molecule has 4 heteroatoms. The summed E-state index contributed by atoms with van der Waals surface area (Å²) < 4.78 is 18.3. The molecule has 1 aromatic rings. The van der Waals surface area contributed by atoms with Crippen LogP contribution < -0.4 is 5.32 Å². The first kappa shape index (κ1) is 15.0. The molecule has 1 N–H and O–H groups in total. The van der Waals surface area contributed by atoms with E-state index in [2.05, 4.69) is 17.0 Å². The Bertz CT molecular complexity index is 470. The highest BCUT2D eigenvalue weighted by molar-refractivity contribution is 5.89. The lowest BCUT2D eigenvalue weighted by Crippen LogP contribution is -2.31. The molecule has 20 heavy (non-hydrogen) atoms. The van der Waals surface area contributed by atoms with Gasteiger partial charge in [0, 0.05) is 12.6 Å². The average molecular weight is 279 g/mol. The van der Waals surface area contributed by atoms with Crippen molar-refractivity contribution in [3.63, 3.8) is 0 Å². The second-order valence-corrected chi connectivity index (χ2v) is 5.52. The second-order valence-electron chi connectivity index (χ2n) is 5.52. The van der Waals surface area contributed by atoms with Gasteiger partial charge >= 0.3 is 5.97 Å². The van der Waals surface area contributed by atoms with Crippen LogP contribution in [0.3, 0.4) is 0 Å². The second kappa shape index (κ2) is 6.84. The Balaban J connectivity index is 1.93. The lowest BCUT2D eigenvalue weighted by atomic mass is 9.99. The van der Waals surface area contributed by atoms with E-state index in [0.717, 1.165) is 11.5 Å². The summed E-state index contributed by atoms with van der Waals surface area (Å²) in [6.07, 6.45) is 5.20. The van der Waals surface area contributed by atoms with E-state index in [-0.39, 0.29) is 5.56 Å².